The van der Waals surface area contributed by atoms with Crippen molar-refractivity contribution in [1.29, 1.82) is 0 Å². The highest BCUT2D eigenvalue weighted by atomic mass is 16.5. The largest absolute Gasteiger partial charge is 0.379 e. The summed E-state index contributed by atoms with van der Waals surface area (Å²) in [5.74, 6) is 0. The van der Waals surface area contributed by atoms with Crippen LogP contribution in [0.5, 0.6) is 0 Å². The van der Waals surface area contributed by atoms with Crippen molar-refractivity contribution in [3.8, 4) is 0 Å². The third-order valence-corrected chi connectivity index (χ3v) is 3.75. The second-order valence-corrected chi connectivity index (χ2v) is 5.02. The number of rotatable bonds is 5. The van der Waals surface area contributed by atoms with Gasteiger partial charge in [0.25, 0.3) is 0 Å². The molecule has 1 N–H and O–H groups in total. The van der Waals surface area contributed by atoms with E-state index in [0.717, 1.165) is 32.7 Å². The summed E-state index contributed by atoms with van der Waals surface area (Å²) in [6.45, 7) is 8.05. The second kappa shape index (κ2) is 6.21. The lowest BCUT2D eigenvalue weighted by Gasteiger charge is -2.26. The molecule has 0 aliphatic carbocycles. The van der Waals surface area contributed by atoms with Gasteiger partial charge in [-0.2, -0.15) is 0 Å². The van der Waals surface area contributed by atoms with E-state index in [1.807, 2.05) is 0 Å². The molecule has 1 fully saturated rings. The average molecular weight is 248 g/mol. The van der Waals surface area contributed by atoms with Gasteiger partial charge < -0.3 is 15.0 Å². The van der Waals surface area contributed by atoms with E-state index < -0.39 is 0 Å². The molecule has 18 heavy (non-hydrogen) atoms. The van der Waals surface area contributed by atoms with Gasteiger partial charge in [-0.05, 0) is 43.1 Å². The summed E-state index contributed by atoms with van der Waals surface area (Å²) in [5.41, 5.74) is 4.04. The molecule has 3 heteroatoms. The van der Waals surface area contributed by atoms with Crippen LogP contribution >= 0.6 is 0 Å². The first-order valence-corrected chi connectivity index (χ1v) is 6.83. The summed E-state index contributed by atoms with van der Waals surface area (Å²) in [6.07, 6.45) is 1.13. The van der Waals surface area contributed by atoms with Crippen molar-refractivity contribution in [3.05, 3.63) is 29.3 Å². The molecule has 0 spiro atoms. The number of anilines is 1. The van der Waals surface area contributed by atoms with Gasteiger partial charge in [-0.25, -0.2) is 0 Å². The number of ether oxygens (including phenoxy) is 1. The molecule has 0 amide bonds. The number of hydrogen-bond acceptors (Lipinski definition) is 3. The minimum absolute atomic E-state index is 0.531. The molecule has 0 radical (unpaired) electrons. The van der Waals surface area contributed by atoms with Crippen molar-refractivity contribution in [2.24, 2.45) is 0 Å². The SMILES string of the molecule is CCNCc1ccc(N(C)C2CCOC2)cc1C. The van der Waals surface area contributed by atoms with E-state index >= 15 is 0 Å². The monoisotopic (exact) mass is 248 g/mol. The quantitative estimate of drug-likeness (QED) is 0.865. The number of benzene rings is 1. The third-order valence-electron chi connectivity index (χ3n) is 3.75. The summed E-state index contributed by atoms with van der Waals surface area (Å²) in [7, 11) is 2.16. The Kier molecular flexibility index (Phi) is 4.61. The Labute approximate surface area is 110 Å². The molecule has 1 atom stereocenters. The molecule has 1 aromatic carbocycles. The number of aryl methyl sites for hydroxylation is 1. The Morgan fingerprint density at radius 1 is 1.44 bits per heavy atom. The Balaban J connectivity index is 2.07. The van der Waals surface area contributed by atoms with E-state index in [0.29, 0.717) is 6.04 Å². The fraction of sp³-hybridized carbons (Fsp3) is 0.600. The molecule has 100 valence electrons. The van der Waals surface area contributed by atoms with Gasteiger partial charge in [0, 0.05) is 25.9 Å². The fourth-order valence-electron chi connectivity index (χ4n) is 2.40. The molecule has 1 heterocycles. The maximum atomic E-state index is 5.46. The number of nitrogens with one attached hydrogen (secondary N) is 1. The summed E-state index contributed by atoms with van der Waals surface area (Å²) >= 11 is 0. The van der Waals surface area contributed by atoms with Gasteiger partial charge in [0.1, 0.15) is 0 Å². The van der Waals surface area contributed by atoms with Gasteiger partial charge in [-0.1, -0.05) is 13.0 Å². The summed E-state index contributed by atoms with van der Waals surface area (Å²) in [5, 5.41) is 3.38. The van der Waals surface area contributed by atoms with Crippen LogP contribution in [-0.4, -0.2) is 32.8 Å². The van der Waals surface area contributed by atoms with Crippen LogP contribution in [0.4, 0.5) is 5.69 Å². The van der Waals surface area contributed by atoms with Crippen LogP contribution in [0.15, 0.2) is 18.2 Å². The standard InChI is InChI=1S/C15H24N2O/c1-4-16-10-13-5-6-14(9-12(13)2)17(3)15-7-8-18-11-15/h5-6,9,15-16H,4,7-8,10-11H2,1-3H3. The molecule has 2 rings (SSSR count). The molecule has 1 aromatic rings. The molecule has 1 aliphatic heterocycles. The third kappa shape index (κ3) is 3.03. The van der Waals surface area contributed by atoms with Crippen LogP contribution in [0.25, 0.3) is 0 Å². The normalized spacial score (nSPS) is 19.2. The van der Waals surface area contributed by atoms with Crippen molar-refractivity contribution in [2.45, 2.75) is 32.9 Å². The van der Waals surface area contributed by atoms with E-state index in [9.17, 15) is 0 Å². The Morgan fingerprint density at radius 2 is 2.28 bits per heavy atom. The lowest BCUT2D eigenvalue weighted by atomic mass is 10.1. The molecule has 0 bridgehead atoms. The van der Waals surface area contributed by atoms with Crippen LogP contribution < -0.4 is 10.2 Å². The van der Waals surface area contributed by atoms with Crippen molar-refractivity contribution >= 4 is 5.69 Å². The lowest BCUT2D eigenvalue weighted by molar-refractivity contribution is 0.193. The zero-order valence-electron chi connectivity index (χ0n) is 11.7. The van der Waals surface area contributed by atoms with Gasteiger partial charge in [-0.3, -0.25) is 0 Å². The molecular weight excluding hydrogens is 224 g/mol. The number of nitrogens with zero attached hydrogens (tertiary/aromatic N) is 1. The highest BCUT2D eigenvalue weighted by molar-refractivity contribution is 5.51. The summed E-state index contributed by atoms with van der Waals surface area (Å²) in [4.78, 5) is 2.34. The van der Waals surface area contributed by atoms with E-state index in [1.54, 1.807) is 0 Å². The molecule has 1 unspecified atom stereocenters. The van der Waals surface area contributed by atoms with Crippen LogP contribution in [-0.2, 0) is 11.3 Å². The average Bonchev–Trinajstić information content (AvgIpc) is 2.90. The van der Waals surface area contributed by atoms with E-state index in [2.05, 4.69) is 49.3 Å². The maximum absolute atomic E-state index is 5.46. The van der Waals surface area contributed by atoms with Crippen LogP contribution in [0.3, 0.4) is 0 Å². The van der Waals surface area contributed by atoms with Gasteiger partial charge in [0.05, 0.1) is 12.6 Å². The minimum Gasteiger partial charge on any atom is -0.379 e. The van der Waals surface area contributed by atoms with E-state index in [1.165, 1.54) is 16.8 Å². The van der Waals surface area contributed by atoms with Crippen LogP contribution in [0.1, 0.15) is 24.5 Å². The molecule has 0 aromatic heterocycles. The Morgan fingerprint density at radius 3 is 2.89 bits per heavy atom. The van der Waals surface area contributed by atoms with Crippen LogP contribution in [0, 0.1) is 6.92 Å². The topological polar surface area (TPSA) is 24.5 Å². The van der Waals surface area contributed by atoms with E-state index in [-0.39, 0.29) is 0 Å². The Bertz CT molecular complexity index is 386. The molecular formula is C15H24N2O. The van der Waals surface area contributed by atoms with Crippen molar-refractivity contribution in [2.75, 3.05) is 31.7 Å². The van der Waals surface area contributed by atoms with E-state index in [4.69, 9.17) is 4.74 Å². The summed E-state index contributed by atoms with van der Waals surface area (Å²) in [6, 6.07) is 7.27. The highest BCUT2D eigenvalue weighted by Gasteiger charge is 2.20. The zero-order valence-corrected chi connectivity index (χ0v) is 11.7. The van der Waals surface area contributed by atoms with Gasteiger partial charge in [0.2, 0.25) is 0 Å². The molecule has 0 saturated carbocycles. The van der Waals surface area contributed by atoms with Crippen LogP contribution in [0.2, 0.25) is 0 Å². The Hall–Kier alpha value is -1.06. The highest BCUT2D eigenvalue weighted by Crippen LogP contribution is 2.23. The number of hydrogen-bond donors (Lipinski definition) is 1. The minimum atomic E-state index is 0.531. The first-order chi connectivity index (χ1) is 8.72. The molecule has 1 saturated heterocycles. The second-order valence-electron chi connectivity index (χ2n) is 5.02. The number of likely N-dealkylation sites (N-methyl/N-ethyl adjacent to an activating group) is 1. The summed E-state index contributed by atoms with van der Waals surface area (Å²) < 4.78 is 5.46. The maximum Gasteiger partial charge on any atom is 0.0670 e. The van der Waals surface area contributed by atoms with Crippen molar-refractivity contribution < 1.29 is 4.74 Å². The van der Waals surface area contributed by atoms with Gasteiger partial charge >= 0.3 is 0 Å². The lowest BCUT2D eigenvalue weighted by Crippen LogP contribution is -2.31. The first-order valence-electron chi connectivity index (χ1n) is 6.83. The van der Waals surface area contributed by atoms with Crippen molar-refractivity contribution in [3.63, 3.8) is 0 Å². The van der Waals surface area contributed by atoms with Crippen molar-refractivity contribution in [1.82, 2.24) is 5.32 Å². The fourth-order valence-corrected chi connectivity index (χ4v) is 2.40. The van der Waals surface area contributed by atoms with Gasteiger partial charge in [0.15, 0.2) is 0 Å². The predicted molar refractivity (Wildman–Crippen MR) is 76.2 cm³/mol. The first kappa shape index (κ1) is 13.4. The molecule has 1 aliphatic rings. The molecule has 3 nitrogen and oxygen atoms in total. The smallest absolute Gasteiger partial charge is 0.0670 e. The zero-order chi connectivity index (χ0) is 13.0. The predicted octanol–water partition coefficient (Wildman–Crippen LogP) is 2.33. The van der Waals surface area contributed by atoms with Gasteiger partial charge in [-0.15, -0.1) is 0 Å².